The second-order valence-electron chi connectivity index (χ2n) is 5.56. The Bertz CT molecular complexity index is 867. The summed E-state index contributed by atoms with van der Waals surface area (Å²) in [7, 11) is 0. The van der Waals surface area contributed by atoms with Crippen molar-refractivity contribution in [3.05, 3.63) is 60.1 Å². The standard InChI is InChI=1S/C17H14N4O2S/c1-17(7-15(21-23-17)22-13-8-18-11-19-9-13)14-10-20-16(24-14)12-5-3-2-4-6-12/h2-6,8-11H,7H2,1H3/t17-/m1/s1. The van der Waals surface area contributed by atoms with E-state index in [2.05, 4.69) is 20.1 Å². The molecule has 0 saturated carbocycles. The van der Waals surface area contributed by atoms with Gasteiger partial charge in [-0.3, -0.25) is 0 Å². The summed E-state index contributed by atoms with van der Waals surface area (Å²) in [6, 6.07) is 10.1. The molecule has 0 N–H and O–H groups in total. The third-order valence-corrected chi connectivity index (χ3v) is 4.95. The van der Waals surface area contributed by atoms with Gasteiger partial charge in [-0.25, -0.2) is 15.0 Å². The summed E-state index contributed by atoms with van der Waals surface area (Å²) in [5, 5.41) is 5.02. The number of aromatic nitrogens is 3. The van der Waals surface area contributed by atoms with Crippen LogP contribution in [-0.4, -0.2) is 20.8 Å². The topological polar surface area (TPSA) is 69.5 Å². The van der Waals surface area contributed by atoms with E-state index in [0.717, 1.165) is 15.4 Å². The zero-order chi connectivity index (χ0) is 16.4. The van der Waals surface area contributed by atoms with Gasteiger partial charge < -0.3 is 9.57 Å². The minimum atomic E-state index is -0.574. The Morgan fingerprint density at radius 1 is 1.12 bits per heavy atom. The van der Waals surface area contributed by atoms with Crippen molar-refractivity contribution in [3.63, 3.8) is 0 Å². The fourth-order valence-corrected chi connectivity index (χ4v) is 3.40. The third kappa shape index (κ3) is 2.85. The predicted octanol–water partition coefficient (Wildman–Crippen LogP) is 3.63. The number of oxime groups is 1. The molecule has 0 spiro atoms. The molecule has 0 aliphatic carbocycles. The predicted molar refractivity (Wildman–Crippen MR) is 90.7 cm³/mol. The fraction of sp³-hybridized carbons (Fsp3) is 0.176. The van der Waals surface area contributed by atoms with Crippen LogP contribution in [0.1, 0.15) is 18.2 Å². The molecule has 3 aromatic rings. The van der Waals surface area contributed by atoms with Crippen LogP contribution in [0, 0.1) is 0 Å². The molecule has 1 aromatic carbocycles. The molecule has 4 rings (SSSR count). The quantitative estimate of drug-likeness (QED) is 0.729. The minimum Gasteiger partial charge on any atom is -0.436 e. The van der Waals surface area contributed by atoms with Crippen LogP contribution in [0.4, 0.5) is 0 Å². The Labute approximate surface area is 142 Å². The largest absolute Gasteiger partial charge is 0.436 e. The average Bonchev–Trinajstić information content (AvgIpc) is 3.25. The van der Waals surface area contributed by atoms with Crippen molar-refractivity contribution < 1.29 is 9.57 Å². The molecule has 120 valence electrons. The molecule has 0 bridgehead atoms. The maximum Gasteiger partial charge on any atom is 0.235 e. The van der Waals surface area contributed by atoms with E-state index in [9.17, 15) is 0 Å². The van der Waals surface area contributed by atoms with Gasteiger partial charge in [0.2, 0.25) is 5.90 Å². The molecule has 0 amide bonds. The van der Waals surface area contributed by atoms with Gasteiger partial charge >= 0.3 is 0 Å². The van der Waals surface area contributed by atoms with E-state index in [1.165, 1.54) is 6.33 Å². The number of nitrogens with zero attached hydrogens (tertiary/aromatic N) is 4. The summed E-state index contributed by atoms with van der Waals surface area (Å²) >= 11 is 1.60. The second kappa shape index (κ2) is 6.01. The molecule has 0 fully saturated rings. The van der Waals surface area contributed by atoms with E-state index < -0.39 is 5.60 Å². The van der Waals surface area contributed by atoms with Crippen LogP contribution in [0.3, 0.4) is 0 Å². The first-order chi connectivity index (χ1) is 11.7. The number of hydrogen-bond acceptors (Lipinski definition) is 7. The summed E-state index contributed by atoms with van der Waals surface area (Å²) in [4.78, 5) is 19.0. The number of rotatable bonds is 3. The van der Waals surface area contributed by atoms with Crippen LogP contribution in [0.2, 0.25) is 0 Å². The first kappa shape index (κ1) is 14.8. The highest BCUT2D eigenvalue weighted by atomic mass is 32.1. The number of thiazole rings is 1. The van der Waals surface area contributed by atoms with E-state index >= 15 is 0 Å². The fourth-order valence-electron chi connectivity index (χ4n) is 2.40. The highest BCUT2D eigenvalue weighted by molar-refractivity contribution is 7.15. The Balaban J connectivity index is 1.50. The van der Waals surface area contributed by atoms with Crippen molar-refractivity contribution in [2.45, 2.75) is 18.9 Å². The van der Waals surface area contributed by atoms with Gasteiger partial charge in [-0.15, -0.1) is 11.3 Å². The van der Waals surface area contributed by atoms with Crippen LogP contribution in [0.25, 0.3) is 10.6 Å². The van der Waals surface area contributed by atoms with Gasteiger partial charge in [0, 0.05) is 11.8 Å². The third-order valence-electron chi connectivity index (χ3n) is 3.66. The van der Waals surface area contributed by atoms with Crippen LogP contribution < -0.4 is 4.74 Å². The van der Waals surface area contributed by atoms with E-state index in [0.29, 0.717) is 18.1 Å². The van der Waals surface area contributed by atoms with Crippen molar-refractivity contribution in [2.75, 3.05) is 0 Å². The van der Waals surface area contributed by atoms with Crippen molar-refractivity contribution in [1.29, 1.82) is 0 Å². The minimum absolute atomic E-state index is 0.502. The van der Waals surface area contributed by atoms with Gasteiger partial charge in [-0.1, -0.05) is 35.5 Å². The highest BCUT2D eigenvalue weighted by Gasteiger charge is 2.39. The zero-order valence-corrected chi connectivity index (χ0v) is 13.7. The Kier molecular flexibility index (Phi) is 3.70. The summed E-state index contributed by atoms with van der Waals surface area (Å²) < 4.78 is 5.67. The molecule has 24 heavy (non-hydrogen) atoms. The van der Waals surface area contributed by atoms with Gasteiger partial charge in [0.15, 0.2) is 11.4 Å². The zero-order valence-electron chi connectivity index (χ0n) is 12.9. The summed E-state index contributed by atoms with van der Waals surface area (Å²) in [6.07, 6.45) is 7.00. The van der Waals surface area contributed by atoms with E-state index in [4.69, 9.17) is 9.57 Å². The maximum atomic E-state index is 5.67. The second-order valence-corrected chi connectivity index (χ2v) is 6.59. The first-order valence-corrected chi connectivity index (χ1v) is 8.24. The normalized spacial score (nSPS) is 19.6. The van der Waals surface area contributed by atoms with Gasteiger partial charge in [-0.2, -0.15) is 0 Å². The molecule has 0 radical (unpaired) electrons. The summed E-state index contributed by atoms with van der Waals surface area (Å²) in [6.45, 7) is 1.98. The van der Waals surface area contributed by atoms with Crippen LogP contribution in [0.15, 0.2) is 60.4 Å². The lowest BCUT2D eigenvalue weighted by atomic mass is 10.0. The molecule has 0 unspecified atom stereocenters. The summed E-state index contributed by atoms with van der Waals surface area (Å²) in [5.41, 5.74) is 0.518. The van der Waals surface area contributed by atoms with Gasteiger partial charge in [-0.05, 0) is 6.92 Å². The van der Waals surface area contributed by atoms with Crippen molar-refractivity contribution in [1.82, 2.24) is 15.0 Å². The Morgan fingerprint density at radius 3 is 2.71 bits per heavy atom. The number of ether oxygens (including phenoxy) is 1. The highest BCUT2D eigenvalue weighted by Crippen LogP contribution is 2.39. The average molecular weight is 338 g/mol. The van der Waals surface area contributed by atoms with Gasteiger partial charge in [0.25, 0.3) is 0 Å². The molecule has 2 aromatic heterocycles. The molecule has 7 heteroatoms. The molecule has 6 nitrogen and oxygen atoms in total. The molecule has 0 saturated heterocycles. The smallest absolute Gasteiger partial charge is 0.235 e. The maximum absolute atomic E-state index is 5.67. The van der Waals surface area contributed by atoms with Crippen LogP contribution >= 0.6 is 11.3 Å². The Morgan fingerprint density at radius 2 is 1.92 bits per heavy atom. The van der Waals surface area contributed by atoms with E-state index in [1.54, 1.807) is 23.7 Å². The molecule has 1 aliphatic heterocycles. The molecule has 3 heterocycles. The van der Waals surface area contributed by atoms with Crippen LogP contribution in [0.5, 0.6) is 5.75 Å². The first-order valence-electron chi connectivity index (χ1n) is 7.43. The Hall–Kier alpha value is -2.80. The lowest BCUT2D eigenvalue weighted by Gasteiger charge is -2.18. The van der Waals surface area contributed by atoms with Crippen molar-refractivity contribution in [2.24, 2.45) is 5.16 Å². The van der Waals surface area contributed by atoms with Crippen molar-refractivity contribution >= 4 is 17.2 Å². The lowest BCUT2D eigenvalue weighted by Crippen LogP contribution is -2.21. The van der Waals surface area contributed by atoms with Gasteiger partial charge in [0.05, 0.1) is 23.7 Å². The summed E-state index contributed by atoms with van der Waals surface area (Å²) in [5.74, 6) is 1.04. The SMILES string of the molecule is C[C@]1(c2cnc(-c3ccccc3)s2)CC(Oc2cncnc2)=NO1. The molecule has 1 atom stereocenters. The molecular weight excluding hydrogens is 324 g/mol. The van der Waals surface area contributed by atoms with Gasteiger partial charge in [0.1, 0.15) is 11.3 Å². The molecule has 1 aliphatic rings. The number of hydrogen-bond donors (Lipinski definition) is 0. The van der Waals surface area contributed by atoms with Crippen molar-refractivity contribution in [3.8, 4) is 16.3 Å². The van der Waals surface area contributed by atoms with E-state index in [-0.39, 0.29) is 0 Å². The molecular formula is C17H14N4O2S. The van der Waals surface area contributed by atoms with Crippen LogP contribution in [-0.2, 0) is 10.4 Å². The monoisotopic (exact) mass is 338 g/mol. The van der Waals surface area contributed by atoms with E-state index in [1.807, 2.05) is 43.5 Å². The lowest BCUT2D eigenvalue weighted by molar-refractivity contribution is -0.00463. The number of benzene rings is 1.